The fourth-order valence-electron chi connectivity index (χ4n) is 2.44. The number of nitro benzene ring substituents is 1. The minimum absolute atomic E-state index is 0.0546. The van der Waals surface area contributed by atoms with Crippen LogP contribution in [0.1, 0.15) is 11.1 Å². The number of nitrogens with one attached hydrogen (secondary N) is 2. The Morgan fingerprint density at radius 2 is 1.96 bits per heavy atom. The van der Waals surface area contributed by atoms with Gasteiger partial charge in [-0.3, -0.25) is 15.4 Å². The van der Waals surface area contributed by atoms with Gasteiger partial charge in [0.15, 0.2) is 0 Å². The zero-order chi connectivity index (χ0) is 16.2. The fourth-order valence-corrected chi connectivity index (χ4v) is 2.44. The Labute approximate surface area is 132 Å². The predicted molar refractivity (Wildman–Crippen MR) is 84.6 cm³/mol. The van der Waals surface area contributed by atoms with E-state index in [0.717, 1.165) is 19.5 Å². The summed E-state index contributed by atoms with van der Waals surface area (Å²) in [6.45, 7) is 1.76. The average molecular weight is 313 g/mol. The molecule has 2 aromatic carbocycles. The van der Waals surface area contributed by atoms with Gasteiger partial charge in [-0.2, -0.15) is 0 Å². The minimum Gasteiger partial charge on any atom is -0.410 e. The molecule has 23 heavy (non-hydrogen) atoms. The van der Waals surface area contributed by atoms with E-state index >= 15 is 0 Å². The number of nitro groups is 1. The summed E-state index contributed by atoms with van der Waals surface area (Å²) >= 11 is 0. The van der Waals surface area contributed by atoms with Crippen LogP contribution in [0, 0.1) is 10.1 Å². The number of non-ortho nitro benzene ring substituents is 1. The molecule has 7 nitrogen and oxygen atoms in total. The number of amides is 1. The van der Waals surface area contributed by atoms with Gasteiger partial charge in [-0.1, -0.05) is 6.07 Å². The van der Waals surface area contributed by atoms with Crippen molar-refractivity contribution >= 4 is 17.5 Å². The van der Waals surface area contributed by atoms with E-state index in [1.54, 1.807) is 0 Å². The summed E-state index contributed by atoms with van der Waals surface area (Å²) in [5, 5.41) is 16.5. The van der Waals surface area contributed by atoms with Gasteiger partial charge in [0.05, 0.1) is 4.92 Å². The van der Waals surface area contributed by atoms with Crippen LogP contribution < -0.4 is 15.4 Å². The van der Waals surface area contributed by atoms with E-state index in [4.69, 9.17) is 4.74 Å². The molecule has 1 aliphatic rings. The Morgan fingerprint density at radius 3 is 2.70 bits per heavy atom. The van der Waals surface area contributed by atoms with Crippen LogP contribution in [0.3, 0.4) is 0 Å². The number of anilines is 1. The quantitative estimate of drug-likeness (QED) is 0.671. The molecule has 0 fully saturated rings. The van der Waals surface area contributed by atoms with Crippen LogP contribution in [0.2, 0.25) is 0 Å². The van der Waals surface area contributed by atoms with Gasteiger partial charge in [0, 0.05) is 24.4 Å². The lowest BCUT2D eigenvalue weighted by molar-refractivity contribution is -0.384. The van der Waals surface area contributed by atoms with E-state index in [-0.39, 0.29) is 11.4 Å². The summed E-state index contributed by atoms with van der Waals surface area (Å²) in [4.78, 5) is 22.0. The first-order valence-electron chi connectivity index (χ1n) is 7.17. The van der Waals surface area contributed by atoms with Crippen LogP contribution in [-0.2, 0) is 13.0 Å². The molecule has 1 amide bonds. The number of nitrogens with zero attached hydrogens (tertiary/aromatic N) is 1. The summed E-state index contributed by atoms with van der Waals surface area (Å²) in [5.41, 5.74) is 3.04. The number of hydrogen-bond donors (Lipinski definition) is 2. The SMILES string of the molecule is O=C(Nc1ccc2c(c1)CCNC2)Oc1ccc([N+](=O)[O-])cc1. The molecule has 0 saturated carbocycles. The smallest absolute Gasteiger partial charge is 0.410 e. The Balaban J connectivity index is 1.64. The third-order valence-electron chi connectivity index (χ3n) is 3.60. The highest BCUT2D eigenvalue weighted by molar-refractivity contribution is 5.86. The van der Waals surface area contributed by atoms with Crippen LogP contribution >= 0.6 is 0 Å². The maximum absolute atomic E-state index is 11.9. The van der Waals surface area contributed by atoms with Crippen molar-refractivity contribution in [1.29, 1.82) is 0 Å². The van der Waals surface area contributed by atoms with E-state index in [2.05, 4.69) is 10.6 Å². The largest absolute Gasteiger partial charge is 0.417 e. The molecule has 118 valence electrons. The van der Waals surface area contributed by atoms with Gasteiger partial charge in [-0.15, -0.1) is 0 Å². The van der Waals surface area contributed by atoms with Crippen molar-refractivity contribution in [2.24, 2.45) is 0 Å². The van der Waals surface area contributed by atoms with E-state index in [9.17, 15) is 14.9 Å². The molecule has 2 aromatic rings. The Kier molecular flexibility index (Phi) is 4.20. The lowest BCUT2D eigenvalue weighted by atomic mass is 10.0. The summed E-state index contributed by atoms with van der Waals surface area (Å²) in [6, 6.07) is 11.1. The van der Waals surface area contributed by atoms with Gasteiger partial charge < -0.3 is 10.1 Å². The molecule has 0 atom stereocenters. The predicted octanol–water partition coefficient (Wildman–Crippen LogP) is 2.85. The molecule has 0 aliphatic carbocycles. The van der Waals surface area contributed by atoms with Crippen LogP contribution in [0.5, 0.6) is 5.75 Å². The summed E-state index contributed by atoms with van der Waals surface area (Å²) in [6.07, 6.45) is 0.287. The standard InChI is InChI=1S/C16H15N3O4/c20-16(23-15-5-3-14(4-6-15)19(21)22)18-13-2-1-12-10-17-8-7-11(12)9-13/h1-6,9,17H,7-8,10H2,(H,18,20). The van der Waals surface area contributed by atoms with E-state index in [1.807, 2.05) is 18.2 Å². The van der Waals surface area contributed by atoms with Crippen LogP contribution in [0.25, 0.3) is 0 Å². The molecule has 1 aliphatic heterocycles. The summed E-state index contributed by atoms with van der Waals surface area (Å²) in [5.74, 6) is 0.246. The zero-order valence-electron chi connectivity index (χ0n) is 12.2. The first kappa shape index (κ1) is 15.0. The lowest BCUT2D eigenvalue weighted by Gasteiger charge is -2.18. The highest BCUT2D eigenvalue weighted by Gasteiger charge is 2.12. The van der Waals surface area contributed by atoms with E-state index < -0.39 is 11.0 Å². The maximum atomic E-state index is 11.9. The second-order valence-corrected chi connectivity index (χ2v) is 5.18. The molecule has 1 heterocycles. The van der Waals surface area contributed by atoms with Crippen LogP contribution in [0.15, 0.2) is 42.5 Å². The molecular formula is C16H15N3O4. The molecule has 3 rings (SSSR count). The van der Waals surface area contributed by atoms with Gasteiger partial charge in [-0.05, 0) is 48.4 Å². The van der Waals surface area contributed by atoms with Crippen molar-refractivity contribution < 1.29 is 14.5 Å². The minimum atomic E-state index is -0.632. The Morgan fingerprint density at radius 1 is 1.17 bits per heavy atom. The van der Waals surface area contributed by atoms with Gasteiger partial charge in [0.25, 0.3) is 5.69 Å². The lowest BCUT2D eigenvalue weighted by Crippen LogP contribution is -2.24. The number of hydrogen-bond acceptors (Lipinski definition) is 5. The topological polar surface area (TPSA) is 93.5 Å². The van der Waals surface area contributed by atoms with Gasteiger partial charge in [-0.25, -0.2) is 4.79 Å². The first-order valence-corrected chi connectivity index (χ1v) is 7.17. The molecule has 0 aromatic heterocycles. The van der Waals surface area contributed by atoms with Crippen molar-refractivity contribution in [1.82, 2.24) is 5.32 Å². The van der Waals surface area contributed by atoms with Crippen molar-refractivity contribution in [3.63, 3.8) is 0 Å². The average Bonchev–Trinajstić information content (AvgIpc) is 2.55. The first-order chi connectivity index (χ1) is 11.1. The van der Waals surface area contributed by atoms with Crippen LogP contribution in [-0.4, -0.2) is 17.6 Å². The molecule has 0 saturated heterocycles. The van der Waals surface area contributed by atoms with Crippen LogP contribution in [0.4, 0.5) is 16.2 Å². The number of carbonyl (C=O) groups excluding carboxylic acids is 1. The second-order valence-electron chi connectivity index (χ2n) is 5.18. The molecule has 2 N–H and O–H groups in total. The Bertz CT molecular complexity index is 743. The van der Waals surface area contributed by atoms with Gasteiger partial charge in [0.2, 0.25) is 0 Å². The van der Waals surface area contributed by atoms with Crippen molar-refractivity contribution in [3.05, 3.63) is 63.7 Å². The number of ether oxygens (including phenoxy) is 1. The molecule has 0 spiro atoms. The van der Waals surface area contributed by atoms with Crippen molar-refractivity contribution in [3.8, 4) is 5.75 Å². The molecule has 0 radical (unpaired) electrons. The molecular weight excluding hydrogens is 298 g/mol. The van der Waals surface area contributed by atoms with Gasteiger partial charge in [0.1, 0.15) is 5.75 Å². The highest BCUT2D eigenvalue weighted by Crippen LogP contribution is 2.20. The molecule has 7 heteroatoms. The molecule has 0 unspecified atom stereocenters. The highest BCUT2D eigenvalue weighted by atomic mass is 16.6. The third kappa shape index (κ3) is 3.64. The number of rotatable bonds is 3. The van der Waals surface area contributed by atoms with Gasteiger partial charge >= 0.3 is 6.09 Å². The zero-order valence-corrected chi connectivity index (χ0v) is 12.2. The normalized spacial score (nSPS) is 13.0. The van der Waals surface area contributed by atoms with E-state index in [1.165, 1.54) is 35.4 Å². The monoisotopic (exact) mass is 313 g/mol. The third-order valence-corrected chi connectivity index (χ3v) is 3.60. The Hall–Kier alpha value is -2.93. The van der Waals surface area contributed by atoms with Crippen molar-refractivity contribution in [2.45, 2.75) is 13.0 Å². The second kappa shape index (κ2) is 6.45. The van der Waals surface area contributed by atoms with E-state index in [0.29, 0.717) is 5.69 Å². The number of carbonyl (C=O) groups is 1. The van der Waals surface area contributed by atoms with Crippen molar-refractivity contribution in [2.75, 3.05) is 11.9 Å². The number of fused-ring (bicyclic) bond motifs is 1. The summed E-state index contributed by atoms with van der Waals surface area (Å²) in [7, 11) is 0. The fraction of sp³-hybridized carbons (Fsp3) is 0.188. The maximum Gasteiger partial charge on any atom is 0.417 e. The summed E-state index contributed by atoms with van der Waals surface area (Å²) < 4.78 is 5.11. The number of benzene rings is 2. The molecule has 0 bridgehead atoms.